The molecular weight excluding hydrogens is 132 g/mol. The Labute approximate surface area is 61.3 Å². The van der Waals surface area contributed by atoms with E-state index in [1.54, 1.807) is 0 Å². The molecule has 3 nitrogen and oxygen atoms in total. The maximum Gasteiger partial charge on any atom is 0.308 e. The van der Waals surface area contributed by atoms with E-state index in [4.69, 9.17) is 4.74 Å². The van der Waals surface area contributed by atoms with Gasteiger partial charge in [0.2, 0.25) is 0 Å². The molecule has 0 aliphatic rings. The molecule has 0 saturated carbocycles. The van der Waals surface area contributed by atoms with Crippen molar-refractivity contribution >= 4 is 5.97 Å². The third kappa shape index (κ3) is 4.32. The van der Waals surface area contributed by atoms with Crippen LogP contribution in [0.2, 0.25) is 0 Å². The predicted octanol–water partition coefficient (Wildman–Crippen LogP) is 0.975. The van der Waals surface area contributed by atoms with Gasteiger partial charge in [-0.25, -0.2) is 0 Å². The summed E-state index contributed by atoms with van der Waals surface area (Å²) in [5.74, 6) is -0.221. The second-order valence-electron chi connectivity index (χ2n) is 2.05. The van der Waals surface area contributed by atoms with Gasteiger partial charge in [0.05, 0.1) is 19.6 Å². The fraction of sp³-hybridized carbons (Fsp3) is 0.857. The molecule has 0 unspecified atom stereocenters. The molecule has 10 heavy (non-hydrogen) atoms. The van der Waals surface area contributed by atoms with Crippen LogP contribution in [0.1, 0.15) is 20.3 Å². The smallest absolute Gasteiger partial charge is 0.308 e. The molecule has 0 fully saturated rings. The fourth-order valence-electron chi connectivity index (χ4n) is 0.661. The Kier molecular flexibility index (Phi) is 4.94. The van der Waals surface area contributed by atoms with Crippen molar-refractivity contribution in [2.45, 2.75) is 26.4 Å². The van der Waals surface area contributed by atoms with Gasteiger partial charge in [0.1, 0.15) is 0 Å². The Balaban J connectivity index is 3.37. The lowest BCUT2D eigenvalue weighted by molar-refractivity contribution is -0.143. The summed E-state index contributed by atoms with van der Waals surface area (Å²) in [6.07, 6.45) is 0.307. The van der Waals surface area contributed by atoms with Crippen LogP contribution in [0.5, 0.6) is 0 Å². The van der Waals surface area contributed by atoms with Crippen LogP contribution in [0, 0.1) is 0 Å². The minimum atomic E-state index is -0.221. The van der Waals surface area contributed by atoms with Crippen LogP contribution in [0.25, 0.3) is 0 Å². The highest BCUT2D eigenvalue weighted by atomic mass is 16.5. The number of carbonyl (C=O) groups excluding carboxylic acids is 1. The molecule has 0 heterocycles. The Morgan fingerprint density at radius 1 is 1.60 bits per heavy atom. The molecular formula is C7H14O3. The van der Waals surface area contributed by atoms with Crippen LogP contribution in [-0.2, 0) is 14.3 Å². The molecule has 0 amide bonds. The largest absolute Gasteiger partial charge is 0.469 e. The average molecular weight is 146 g/mol. The molecule has 0 saturated heterocycles. The molecule has 0 aliphatic carbocycles. The van der Waals surface area contributed by atoms with Crippen LogP contribution < -0.4 is 0 Å². The summed E-state index contributed by atoms with van der Waals surface area (Å²) in [7, 11) is 1.38. The Bertz CT molecular complexity index is 101. The third-order valence-electron chi connectivity index (χ3n) is 1.13. The summed E-state index contributed by atoms with van der Waals surface area (Å²) in [5, 5.41) is 0. The average Bonchev–Trinajstić information content (AvgIpc) is 1.88. The van der Waals surface area contributed by atoms with Gasteiger partial charge in [-0.3, -0.25) is 4.79 Å². The number of hydrogen-bond donors (Lipinski definition) is 0. The second kappa shape index (κ2) is 5.23. The molecule has 1 atom stereocenters. The third-order valence-corrected chi connectivity index (χ3v) is 1.13. The Morgan fingerprint density at radius 3 is 2.60 bits per heavy atom. The summed E-state index contributed by atoms with van der Waals surface area (Å²) in [4.78, 5) is 10.6. The first-order chi connectivity index (χ1) is 4.70. The summed E-state index contributed by atoms with van der Waals surface area (Å²) in [6, 6.07) is 0. The van der Waals surface area contributed by atoms with Crippen molar-refractivity contribution in [3.05, 3.63) is 0 Å². The standard InChI is InChI=1S/C7H14O3/c1-4-10-6(2)5-7(8)9-3/h6H,4-5H2,1-3H3/t6-/m1/s1. The lowest BCUT2D eigenvalue weighted by atomic mass is 10.3. The number of hydrogen-bond acceptors (Lipinski definition) is 3. The predicted molar refractivity (Wildman–Crippen MR) is 37.7 cm³/mol. The van der Waals surface area contributed by atoms with Gasteiger partial charge in [0.15, 0.2) is 0 Å². The van der Waals surface area contributed by atoms with E-state index in [0.717, 1.165) is 0 Å². The molecule has 0 rings (SSSR count). The fourth-order valence-corrected chi connectivity index (χ4v) is 0.661. The molecule has 0 N–H and O–H groups in total. The monoisotopic (exact) mass is 146 g/mol. The molecule has 0 aromatic heterocycles. The summed E-state index contributed by atoms with van der Waals surface area (Å²) >= 11 is 0. The van der Waals surface area contributed by atoms with Crippen LogP contribution >= 0.6 is 0 Å². The molecule has 3 heteroatoms. The normalized spacial score (nSPS) is 12.7. The highest BCUT2D eigenvalue weighted by Crippen LogP contribution is 1.97. The van der Waals surface area contributed by atoms with Crippen molar-refractivity contribution < 1.29 is 14.3 Å². The molecule has 0 radical (unpaired) electrons. The van der Waals surface area contributed by atoms with Gasteiger partial charge in [0, 0.05) is 6.61 Å². The lowest BCUT2D eigenvalue weighted by Crippen LogP contribution is -2.14. The first kappa shape index (κ1) is 9.43. The van der Waals surface area contributed by atoms with Crippen molar-refractivity contribution in [2.24, 2.45) is 0 Å². The van der Waals surface area contributed by atoms with Crippen LogP contribution in [0.15, 0.2) is 0 Å². The number of esters is 1. The number of rotatable bonds is 4. The van der Waals surface area contributed by atoms with E-state index in [-0.39, 0.29) is 12.1 Å². The highest BCUT2D eigenvalue weighted by molar-refractivity contribution is 5.69. The van der Waals surface area contributed by atoms with E-state index in [1.807, 2.05) is 13.8 Å². The zero-order chi connectivity index (χ0) is 7.98. The minimum absolute atomic E-state index is 0.0301. The van der Waals surface area contributed by atoms with E-state index in [9.17, 15) is 4.79 Å². The summed E-state index contributed by atoms with van der Waals surface area (Å²) in [5.41, 5.74) is 0. The van der Waals surface area contributed by atoms with Gasteiger partial charge < -0.3 is 9.47 Å². The summed E-state index contributed by atoms with van der Waals surface area (Å²) in [6.45, 7) is 4.38. The quantitative estimate of drug-likeness (QED) is 0.554. The van der Waals surface area contributed by atoms with Crippen molar-refractivity contribution in [2.75, 3.05) is 13.7 Å². The Morgan fingerprint density at radius 2 is 2.20 bits per heavy atom. The zero-order valence-corrected chi connectivity index (χ0v) is 6.72. The van der Waals surface area contributed by atoms with Crippen LogP contribution in [0.3, 0.4) is 0 Å². The van der Waals surface area contributed by atoms with E-state index >= 15 is 0 Å². The van der Waals surface area contributed by atoms with E-state index < -0.39 is 0 Å². The second-order valence-corrected chi connectivity index (χ2v) is 2.05. The van der Waals surface area contributed by atoms with E-state index in [0.29, 0.717) is 13.0 Å². The maximum atomic E-state index is 10.6. The number of ether oxygens (including phenoxy) is 2. The SMILES string of the molecule is CCO[C@H](C)CC(=O)OC. The number of methoxy groups -OCH3 is 1. The lowest BCUT2D eigenvalue weighted by Gasteiger charge is -2.08. The molecule has 0 spiro atoms. The number of carbonyl (C=O) groups is 1. The molecule has 0 aliphatic heterocycles. The van der Waals surface area contributed by atoms with Gasteiger partial charge in [-0.05, 0) is 13.8 Å². The molecule has 60 valence electrons. The van der Waals surface area contributed by atoms with Gasteiger partial charge in [-0.1, -0.05) is 0 Å². The van der Waals surface area contributed by atoms with E-state index in [2.05, 4.69) is 4.74 Å². The minimum Gasteiger partial charge on any atom is -0.469 e. The van der Waals surface area contributed by atoms with Crippen molar-refractivity contribution in [3.8, 4) is 0 Å². The first-order valence-electron chi connectivity index (χ1n) is 3.39. The van der Waals surface area contributed by atoms with Gasteiger partial charge >= 0.3 is 5.97 Å². The Hall–Kier alpha value is -0.570. The topological polar surface area (TPSA) is 35.5 Å². The van der Waals surface area contributed by atoms with E-state index in [1.165, 1.54) is 7.11 Å². The van der Waals surface area contributed by atoms with Gasteiger partial charge in [-0.15, -0.1) is 0 Å². The molecule has 0 aromatic rings. The van der Waals surface area contributed by atoms with Gasteiger partial charge in [0.25, 0.3) is 0 Å². The van der Waals surface area contributed by atoms with Crippen LogP contribution in [-0.4, -0.2) is 25.8 Å². The van der Waals surface area contributed by atoms with Crippen LogP contribution in [0.4, 0.5) is 0 Å². The first-order valence-corrected chi connectivity index (χ1v) is 3.39. The summed E-state index contributed by atoms with van der Waals surface area (Å²) < 4.78 is 9.56. The van der Waals surface area contributed by atoms with Gasteiger partial charge in [-0.2, -0.15) is 0 Å². The molecule has 0 aromatic carbocycles. The maximum absolute atomic E-state index is 10.6. The van der Waals surface area contributed by atoms with Crippen molar-refractivity contribution in [1.29, 1.82) is 0 Å². The molecule has 0 bridgehead atoms. The van der Waals surface area contributed by atoms with Crippen molar-refractivity contribution in [1.82, 2.24) is 0 Å². The highest BCUT2D eigenvalue weighted by Gasteiger charge is 2.07. The zero-order valence-electron chi connectivity index (χ0n) is 6.72. The van der Waals surface area contributed by atoms with Crippen molar-refractivity contribution in [3.63, 3.8) is 0 Å².